The minimum Gasteiger partial charge on any atom is -0.321 e. The molecule has 0 radical (unpaired) electrons. The molecule has 3 N–H and O–H groups in total. The van der Waals surface area contributed by atoms with E-state index in [1.54, 1.807) is 0 Å². The standard InChI is InChI=1S/C9H4F17N3O3S/c10-1(11)3(12,13)5(16,17)4(14,15)2(28-27)29-32-33(30,31)9(25,26)7(20,21)6(18,19)8(22,23)24/h1H,27H2,(H,28,29). The first-order chi connectivity index (χ1) is 14.1. The Bertz CT molecular complexity index is 850. The lowest BCUT2D eigenvalue weighted by atomic mass is 10.0. The van der Waals surface area contributed by atoms with Crippen molar-refractivity contribution in [3.8, 4) is 0 Å². The van der Waals surface area contributed by atoms with Crippen LogP contribution in [-0.2, 0) is 14.4 Å². The second-order valence-corrected chi connectivity index (χ2v) is 6.94. The molecule has 0 aliphatic rings. The molecule has 0 heterocycles. The zero-order chi connectivity index (χ0) is 27.3. The van der Waals surface area contributed by atoms with Crippen LogP contribution in [0.4, 0.5) is 74.6 Å². The molecule has 0 rings (SSSR count). The maximum Gasteiger partial charge on any atom is 0.460 e. The average molecular weight is 557 g/mol. The zero-order valence-corrected chi connectivity index (χ0v) is 15.0. The van der Waals surface area contributed by atoms with Crippen molar-refractivity contribution in [2.45, 2.75) is 47.5 Å². The molecule has 0 aromatic heterocycles. The van der Waals surface area contributed by atoms with Gasteiger partial charge in [-0.1, -0.05) is 0 Å². The third-order valence-electron chi connectivity index (χ3n) is 3.19. The number of alkyl halides is 17. The SMILES string of the molecule is NN=C(NOS(=O)(=O)C(F)(F)C(F)(F)C(F)(F)C(F)(F)F)C(F)(F)C(F)(F)C(F)(F)C(F)F. The molecule has 0 atom stereocenters. The van der Waals surface area contributed by atoms with Crippen LogP contribution in [0.15, 0.2) is 5.10 Å². The molecule has 0 aromatic rings. The number of hydrazone groups is 1. The summed E-state index contributed by atoms with van der Waals surface area (Å²) in [6.45, 7) is 0. The van der Waals surface area contributed by atoms with Gasteiger partial charge >= 0.3 is 57.6 Å². The van der Waals surface area contributed by atoms with E-state index in [1.807, 2.05) is 0 Å². The van der Waals surface area contributed by atoms with Crippen molar-refractivity contribution in [1.29, 1.82) is 0 Å². The number of halogens is 17. The fraction of sp³-hybridized carbons (Fsp3) is 0.889. The summed E-state index contributed by atoms with van der Waals surface area (Å²) < 4.78 is 240. The van der Waals surface area contributed by atoms with Crippen molar-refractivity contribution in [2.75, 3.05) is 0 Å². The van der Waals surface area contributed by atoms with Crippen LogP contribution >= 0.6 is 0 Å². The Morgan fingerprint density at radius 3 is 1.45 bits per heavy atom. The maximum atomic E-state index is 13.5. The van der Waals surface area contributed by atoms with Crippen molar-refractivity contribution in [1.82, 2.24) is 5.48 Å². The van der Waals surface area contributed by atoms with Crippen LogP contribution in [0, 0.1) is 0 Å². The Balaban J connectivity index is 6.22. The summed E-state index contributed by atoms with van der Waals surface area (Å²) in [4.78, 5) is 0. The molecule has 24 heteroatoms. The minimum absolute atomic E-state index is 0.475. The predicted octanol–water partition coefficient (Wildman–Crippen LogP) is 3.71. The monoisotopic (exact) mass is 557 g/mol. The third kappa shape index (κ3) is 4.53. The van der Waals surface area contributed by atoms with E-state index in [1.165, 1.54) is 5.10 Å². The molecule has 0 saturated carbocycles. The van der Waals surface area contributed by atoms with E-state index >= 15 is 0 Å². The van der Waals surface area contributed by atoms with E-state index in [-0.39, 0.29) is 0 Å². The smallest absolute Gasteiger partial charge is 0.321 e. The average Bonchev–Trinajstić information content (AvgIpc) is 2.59. The first-order valence-corrected chi connectivity index (χ1v) is 8.11. The molecule has 0 bridgehead atoms. The van der Waals surface area contributed by atoms with E-state index in [0.717, 1.165) is 0 Å². The van der Waals surface area contributed by atoms with Crippen molar-refractivity contribution in [3.05, 3.63) is 0 Å². The molecule has 0 saturated heterocycles. The van der Waals surface area contributed by atoms with E-state index in [2.05, 4.69) is 10.1 Å². The van der Waals surface area contributed by atoms with Gasteiger partial charge < -0.3 is 5.84 Å². The summed E-state index contributed by atoms with van der Waals surface area (Å²) >= 11 is 0. The van der Waals surface area contributed by atoms with Gasteiger partial charge in [-0.15, -0.1) is 4.28 Å². The van der Waals surface area contributed by atoms with Crippen molar-refractivity contribution in [3.63, 3.8) is 0 Å². The summed E-state index contributed by atoms with van der Waals surface area (Å²) in [6, 6.07) is 0. The Kier molecular flexibility index (Phi) is 7.83. The van der Waals surface area contributed by atoms with Crippen LogP contribution in [0.2, 0.25) is 0 Å². The fourth-order valence-electron chi connectivity index (χ4n) is 1.33. The van der Waals surface area contributed by atoms with Gasteiger partial charge in [0.1, 0.15) is 0 Å². The molecule has 0 aliphatic heterocycles. The summed E-state index contributed by atoms with van der Waals surface area (Å²) in [5.41, 5.74) is -0.475. The van der Waals surface area contributed by atoms with Crippen LogP contribution in [0.5, 0.6) is 0 Å². The number of hydrogen-bond donors (Lipinski definition) is 2. The van der Waals surface area contributed by atoms with Gasteiger partial charge in [-0.25, -0.2) is 14.3 Å². The lowest BCUT2D eigenvalue weighted by Crippen LogP contribution is -2.65. The summed E-state index contributed by atoms with van der Waals surface area (Å²) in [6.07, 6.45) is -13.2. The molecule has 33 heavy (non-hydrogen) atoms. The summed E-state index contributed by atoms with van der Waals surface area (Å²) in [5.74, 6) is -36.7. The van der Waals surface area contributed by atoms with Crippen LogP contribution in [0.25, 0.3) is 0 Å². The van der Waals surface area contributed by atoms with Crippen LogP contribution in [0.3, 0.4) is 0 Å². The van der Waals surface area contributed by atoms with E-state index in [4.69, 9.17) is 0 Å². The highest BCUT2D eigenvalue weighted by molar-refractivity contribution is 7.87. The second kappa shape index (κ2) is 8.33. The van der Waals surface area contributed by atoms with Crippen molar-refractivity contribution in [2.24, 2.45) is 10.9 Å². The largest absolute Gasteiger partial charge is 0.460 e. The van der Waals surface area contributed by atoms with Gasteiger partial charge in [-0.2, -0.15) is 79.4 Å². The van der Waals surface area contributed by atoms with Gasteiger partial charge in [0.05, 0.1) is 0 Å². The molecule has 198 valence electrons. The van der Waals surface area contributed by atoms with E-state index < -0.39 is 68.9 Å². The van der Waals surface area contributed by atoms with Gasteiger partial charge in [0.2, 0.25) is 5.84 Å². The molecule has 0 amide bonds. The molecule has 0 unspecified atom stereocenters. The van der Waals surface area contributed by atoms with Gasteiger partial charge in [0.15, 0.2) is 0 Å². The Labute approximate surface area is 168 Å². The van der Waals surface area contributed by atoms with Crippen molar-refractivity contribution >= 4 is 16.0 Å². The topological polar surface area (TPSA) is 93.8 Å². The van der Waals surface area contributed by atoms with Gasteiger partial charge in [-0.05, 0) is 0 Å². The minimum atomic E-state index is -8.05. The quantitative estimate of drug-likeness (QED) is 0.148. The first kappa shape index (κ1) is 31.0. The van der Waals surface area contributed by atoms with E-state index in [0.29, 0.717) is 0 Å². The Morgan fingerprint density at radius 1 is 0.758 bits per heavy atom. The normalized spacial score (nSPS) is 16.4. The molecule has 0 fully saturated rings. The first-order valence-electron chi connectivity index (χ1n) is 6.70. The van der Waals surface area contributed by atoms with Gasteiger partial charge in [0, 0.05) is 0 Å². The maximum absolute atomic E-state index is 13.5. The number of nitrogens with one attached hydrogen (secondary N) is 1. The number of hydrogen-bond acceptors (Lipinski definition) is 5. The van der Waals surface area contributed by atoms with Gasteiger partial charge in [-0.3, -0.25) is 0 Å². The lowest BCUT2D eigenvalue weighted by molar-refractivity contribution is -0.382. The fourth-order valence-corrected chi connectivity index (χ4v) is 2.07. The van der Waals surface area contributed by atoms with E-state index in [9.17, 15) is 83.1 Å². The number of amidine groups is 1. The third-order valence-corrected chi connectivity index (χ3v) is 4.38. The molecule has 0 aliphatic carbocycles. The molecular weight excluding hydrogens is 553 g/mol. The summed E-state index contributed by atoms with van der Waals surface area (Å²) in [7, 11) is -8.05. The Hall–Kier alpha value is -2.01. The lowest BCUT2D eigenvalue weighted by Gasteiger charge is -2.33. The Morgan fingerprint density at radius 2 is 1.15 bits per heavy atom. The van der Waals surface area contributed by atoms with Crippen LogP contribution in [0.1, 0.15) is 0 Å². The highest BCUT2D eigenvalue weighted by Crippen LogP contribution is 2.55. The number of nitrogens with two attached hydrogens (primary N) is 1. The number of rotatable bonds is 9. The number of nitrogens with zero attached hydrogens (tertiary/aromatic N) is 1. The molecule has 0 aromatic carbocycles. The number of hydroxylamine groups is 1. The molecular formula is C9H4F17N3O3S. The molecule has 6 nitrogen and oxygen atoms in total. The zero-order valence-electron chi connectivity index (χ0n) is 14.2. The summed E-state index contributed by atoms with van der Waals surface area (Å²) in [5, 5.41) is -6.33. The van der Waals surface area contributed by atoms with Crippen LogP contribution < -0.4 is 11.3 Å². The predicted molar refractivity (Wildman–Crippen MR) is 66.5 cm³/mol. The highest BCUT2D eigenvalue weighted by atomic mass is 32.2. The highest BCUT2D eigenvalue weighted by Gasteiger charge is 2.86. The molecule has 0 spiro atoms. The van der Waals surface area contributed by atoms with Crippen LogP contribution in [-0.4, -0.2) is 61.7 Å². The van der Waals surface area contributed by atoms with Crippen molar-refractivity contribution < 1.29 is 87.3 Å². The second-order valence-electron chi connectivity index (χ2n) is 5.35. The van der Waals surface area contributed by atoms with Gasteiger partial charge in [0.25, 0.3) is 0 Å².